The molecule has 3 aromatic carbocycles. The van der Waals surface area contributed by atoms with Crippen LogP contribution in [0.15, 0.2) is 94.5 Å². The Kier molecular flexibility index (Phi) is 23.0. The second-order valence-electron chi connectivity index (χ2n) is 27.5. The molecule has 0 saturated carbocycles. The molecule has 3 heterocycles. The van der Waals surface area contributed by atoms with Crippen LogP contribution in [0.25, 0.3) is 11.1 Å². The number of anilines is 1. The van der Waals surface area contributed by atoms with E-state index in [2.05, 4.69) is 170 Å². The van der Waals surface area contributed by atoms with E-state index in [-0.39, 0.29) is 77.2 Å². The van der Waals surface area contributed by atoms with Crippen LogP contribution >= 0.6 is 15.9 Å². The molecule has 2 saturated heterocycles. The van der Waals surface area contributed by atoms with E-state index in [1.54, 1.807) is 17.0 Å². The fraction of sp³-hybridized carbons (Fsp3) is 0.621. The van der Waals surface area contributed by atoms with Gasteiger partial charge in [0.2, 0.25) is 22.3 Å². The first-order valence-corrected chi connectivity index (χ1v) is 38.1. The van der Waals surface area contributed by atoms with Gasteiger partial charge in [-0.2, -0.15) is 4.98 Å². The van der Waals surface area contributed by atoms with E-state index in [0.717, 1.165) is 26.7 Å². The van der Waals surface area contributed by atoms with Crippen LogP contribution in [0, 0.1) is 0 Å². The number of ether oxygens (including phenoxy) is 4. The fourth-order valence-corrected chi connectivity index (χ4v) is 30.6. The maximum Gasteiger partial charge on any atom is 0.407 e. The van der Waals surface area contributed by atoms with E-state index in [1.807, 2.05) is 53.2 Å². The average Bonchev–Trinajstić information content (AvgIpc) is 1.80. The molecule has 1 aliphatic carbocycles. The van der Waals surface area contributed by atoms with Crippen molar-refractivity contribution >= 4 is 64.9 Å². The molecule has 2 amide bonds. The summed E-state index contributed by atoms with van der Waals surface area (Å²) in [5.41, 5.74) is 6.87. The monoisotopic (exact) mass is 1300 g/mol. The van der Waals surface area contributed by atoms with Crippen LogP contribution < -0.4 is 15.8 Å². The number of carbonyl (C=O) groups is 3. The van der Waals surface area contributed by atoms with E-state index in [4.69, 9.17) is 46.6 Å². The first-order chi connectivity index (χ1) is 40.5. The van der Waals surface area contributed by atoms with Crippen molar-refractivity contribution < 1.29 is 51.0 Å². The van der Waals surface area contributed by atoms with E-state index >= 15 is 4.79 Å². The van der Waals surface area contributed by atoms with Gasteiger partial charge in [-0.1, -0.05) is 189 Å². The summed E-state index contributed by atoms with van der Waals surface area (Å²) in [6.45, 7) is 40.8. The number of aromatic nitrogens is 2. The highest BCUT2D eigenvalue weighted by Gasteiger charge is 2.65. The third-order valence-corrected chi connectivity index (χ3v) is 36.2. The molecule has 3 aliphatic rings. The molecule has 474 valence electrons. The normalized spacial score (nSPS) is 19.6. The Bertz CT molecular complexity index is 2910. The summed E-state index contributed by atoms with van der Waals surface area (Å²) in [5.74, 6) is -0.667. The van der Waals surface area contributed by atoms with Crippen molar-refractivity contribution in [3.63, 3.8) is 0 Å². The van der Waals surface area contributed by atoms with Crippen LogP contribution in [0.2, 0.25) is 43.3 Å². The molecule has 5 atom stereocenters. The Morgan fingerprint density at radius 2 is 1.31 bits per heavy atom. The van der Waals surface area contributed by atoms with Gasteiger partial charge in [0.1, 0.15) is 50.3 Å². The number of nitrogens with zero attached hydrogens (tertiary/aromatic N) is 4. The van der Waals surface area contributed by atoms with E-state index in [1.165, 1.54) is 7.11 Å². The Morgan fingerprint density at radius 1 is 0.767 bits per heavy atom. The van der Waals surface area contributed by atoms with Crippen molar-refractivity contribution in [3.8, 4) is 11.1 Å². The molecule has 7 rings (SSSR count). The first kappa shape index (κ1) is 69.1. The lowest BCUT2D eigenvalue weighted by Gasteiger charge is -2.53. The second kappa shape index (κ2) is 28.6. The molecule has 4 aromatic rings. The molecular formula is C66H100BrN5O11Si3. The first-order valence-electron chi connectivity index (χ1n) is 31.2. The number of methoxy groups -OCH3 is 1. The lowest BCUT2D eigenvalue weighted by Crippen LogP contribution is -2.65. The van der Waals surface area contributed by atoms with Crippen LogP contribution in [-0.2, 0) is 41.4 Å². The summed E-state index contributed by atoms with van der Waals surface area (Å²) in [5, 5.41) is 2.14. The van der Waals surface area contributed by atoms with Crippen molar-refractivity contribution in [1.82, 2.24) is 14.9 Å². The van der Waals surface area contributed by atoms with Gasteiger partial charge in [0.15, 0.2) is 6.23 Å². The highest BCUT2D eigenvalue weighted by Crippen LogP contribution is 2.56. The highest BCUT2D eigenvalue weighted by molar-refractivity contribution is 9.10. The van der Waals surface area contributed by atoms with Crippen LogP contribution in [0.4, 0.5) is 10.6 Å². The lowest BCUT2D eigenvalue weighted by atomic mass is 9.98. The minimum absolute atomic E-state index is 0.0301. The molecule has 0 radical (unpaired) electrons. The summed E-state index contributed by atoms with van der Waals surface area (Å²) >= 11 is 3.56. The standard InChI is InChI=1S/C66H100BrN5O11Si3/c1-42(2)84(43(3)4,44(5)6)80-40-72(60(73)48-31-33-49(67)34-32-48)57-35-37-71(61-59(78-41-81-85(45(7)8,46(9)10)47(11)12)58-56(82-61)39-79-86(83-58,65(13,14)15)66(16,17)18)63(70-57)68-36-25-24-30-55(62(74)76-19)69-64(75)77-38-54-52-28-22-20-26-50(52)51-27-21-23-29-53(51)54/h20-23,26-29,31-35,37,42-47,54-56,58-59,61H,24-25,30,36,38-41H2,1-19H3,(H,69,75)/t55-,56+,58+,59+,61+/m0/s1. The number of unbranched alkanes of at least 4 members (excludes halogenated alkanes) is 1. The van der Waals surface area contributed by atoms with Crippen LogP contribution in [0.1, 0.15) is 178 Å². The van der Waals surface area contributed by atoms with Crippen molar-refractivity contribution in [2.75, 3.05) is 45.3 Å². The number of fused-ring (bicyclic) bond motifs is 4. The van der Waals surface area contributed by atoms with Crippen molar-refractivity contribution in [1.29, 1.82) is 0 Å². The van der Waals surface area contributed by atoms with Crippen molar-refractivity contribution in [2.45, 2.75) is 224 Å². The number of rotatable bonds is 25. The summed E-state index contributed by atoms with van der Waals surface area (Å²) < 4.78 is 56.9. The van der Waals surface area contributed by atoms with Gasteiger partial charge >= 0.3 is 20.6 Å². The second-order valence-corrected chi connectivity index (χ2v) is 44.1. The Morgan fingerprint density at radius 3 is 1.85 bits per heavy atom. The molecular weight excluding hydrogens is 1200 g/mol. The maximum absolute atomic E-state index is 15.1. The largest absolute Gasteiger partial charge is 0.467 e. The van der Waals surface area contributed by atoms with E-state index in [0.29, 0.717) is 47.5 Å². The van der Waals surface area contributed by atoms with Gasteiger partial charge in [0.05, 0.1) is 13.7 Å². The summed E-state index contributed by atoms with van der Waals surface area (Å²) in [7, 11) is -6.70. The molecule has 1 aromatic heterocycles. The van der Waals surface area contributed by atoms with E-state index in [9.17, 15) is 9.59 Å². The number of amides is 2. The molecule has 1 N–H and O–H groups in total. The number of hydrogen-bond donors (Lipinski definition) is 1. The molecule has 0 unspecified atom stereocenters. The number of halogens is 1. The number of nitrogens with one attached hydrogen (secondary N) is 1. The third kappa shape index (κ3) is 14.3. The molecule has 20 heteroatoms. The zero-order valence-corrected chi connectivity index (χ0v) is 59.4. The van der Waals surface area contributed by atoms with Gasteiger partial charge in [0, 0.05) is 38.8 Å². The quantitative estimate of drug-likeness (QED) is 0.0289. The topological polar surface area (TPSA) is 170 Å². The molecule has 2 aliphatic heterocycles. The molecule has 86 heavy (non-hydrogen) atoms. The minimum atomic E-state index is -3.07. The summed E-state index contributed by atoms with van der Waals surface area (Å²) in [6, 6.07) is 24.4. The smallest absolute Gasteiger partial charge is 0.407 e. The summed E-state index contributed by atoms with van der Waals surface area (Å²) in [4.78, 5) is 54.1. The number of hydrogen-bond acceptors (Lipinski definition) is 13. The average molecular weight is 1300 g/mol. The molecule has 0 bridgehead atoms. The Hall–Kier alpha value is -4.36. The van der Waals surface area contributed by atoms with Gasteiger partial charge < -0.3 is 42.0 Å². The number of benzene rings is 3. The SMILES string of the molecule is COC(=O)[C@H](CCCCN=c1nc(N(CO[Si](C(C)C)(C(C)C)C(C)C)C(=O)c2ccc(Br)cc2)ccn1[C@@H]1O[C@@H]2CO[Si](C(C)(C)C)(C(C)(C)C)O[C@H]2[C@H]1OCO[Si](C(C)C)(C(C)C)C(C)C)NC(=O)OCC1c2ccccc2-c2ccccc21. The molecule has 2 fully saturated rings. The van der Waals surface area contributed by atoms with Gasteiger partial charge in [0.25, 0.3) is 5.91 Å². The predicted octanol–water partition coefficient (Wildman–Crippen LogP) is 15.5. The van der Waals surface area contributed by atoms with Gasteiger partial charge in [-0.15, -0.1) is 0 Å². The van der Waals surface area contributed by atoms with Gasteiger partial charge in [-0.05, 0) is 105 Å². The minimum Gasteiger partial charge on any atom is -0.467 e. The number of alkyl carbamates (subject to hydrolysis) is 1. The third-order valence-electron chi connectivity index (χ3n) is 18.4. The Labute approximate surface area is 524 Å². The maximum atomic E-state index is 15.1. The zero-order chi connectivity index (χ0) is 63.3. The Balaban J connectivity index is 1.26. The predicted molar refractivity (Wildman–Crippen MR) is 350 cm³/mol. The van der Waals surface area contributed by atoms with Crippen LogP contribution in [0.3, 0.4) is 0 Å². The van der Waals surface area contributed by atoms with Crippen LogP contribution in [-0.4, -0.2) is 117 Å². The fourth-order valence-electron chi connectivity index (χ4n) is 14.8. The van der Waals surface area contributed by atoms with Crippen molar-refractivity contribution in [3.05, 3.63) is 112 Å². The summed E-state index contributed by atoms with van der Waals surface area (Å²) in [6.07, 6.45) is -0.200. The zero-order valence-electron chi connectivity index (χ0n) is 54.8. The highest BCUT2D eigenvalue weighted by atomic mass is 79.9. The number of esters is 1. The molecule has 16 nitrogen and oxygen atoms in total. The lowest BCUT2D eigenvalue weighted by molar-refractivity contribution is -0.143. The van der Waals surface area contributed by atoms with E-state index < -0.39 is 67.8 Å². The van der Waals surface area contributed by atoms with Crippen LogP contribution in [0.5, 0.6) is 0 Å². The molecule has 0 spiro atoms. The van der Waals surface area contributed by atoms with Crippen molar-refractivity contribution in [2.24, 2.45) is 4.99 Å². The van der Waals surface area contributed by atoms with Gasteiger partial charge in [-0.3, -0.25) is 19.3 Å². The van der Waals surface area contributed by atoms with Gasteiger partial charge in [-0.25, -0.2) is 9.59 Å². The number of carbonyl (C=O) groups excluding carboxylic acids is 3.